The first-order valence-corrected chi connectivity index (χ1v) is 13.9. The molecule has 0 bridgehead atoms. The van der Waals surface area contributed by atoms with E-state index in [-0.39, 0.29) is 5.78 Å². The number of halogens is 2. The van der Waals surface area contributed by atoms with Gasteiger partial charge in [0.2, 0.25) is 0 Å². The van der Waals surface area contributed by atoms with Gasteiger partial charge in [-0.25, -0.2) is 13.8 Å². The Balaban J connectivity index is 1.04. The van der Waals surface area contributed by atoms with Crippen LogP contribution in [0.25, 0.3) is 0 Å². The number of ketones is 1. The van der Waals surface area contributed by atoms with Crippen molar-refractivity contribution in [2.45, 2.75) is 90.0 Å². The first kappa shape index (κ1) is 24.8. The van der Waals surface area contributed by atoms with Crippen LogP contribution in [-0.2, 0) is 25.8 Å². The normalized spacial score (nSPS) is 23.1. The zero-order valence-corrected chi connectivity index (χ0v) is 21.3. The summed E-state index contributed by atoms with van der Waals surface area (Å²) >= 11 is 1.40. The minimum atomic E-state index is -2.85. The number of aryl methyl sites for hydroxylation is 1. The largest absolute Gasteiger partial charge is 0.464 e. The molecule has 0 unspecified atom stereocenters. The number of hydrogen-bond donors (Lipinski definition) is 0. The van der Waals surface area contributed by atoms with Crippen LogP contribution < -0.4 is 4.74 Å². The molecule has 0 radical (unpaired) electrons. The average molecular weight is 508 g/mol. The Hall–Kier alpha value is -1.87. The van der Waals surface area contributed by atoms with Gasteiger partial charge < -0.3 is 9.26 Å². The van der Waals surface area contributed by atoms with Gasteiger partial charge in [0, 0.05) is 43.3 Å². The molecule has 0 saturated heterocycles. The Morgan fingerprint density at radius 1 is 1.17 bits per heavy atom. The summed E-state index contributed by atoms with van der Waals surface area (Å²) in [7, 11) is 0. The Kier molecular flexibility index (Phi) is 7.53. The van der Waals surface area contributed by atoms with Crippen molar-refractivity contribution in [3.05, 3.63) is 27.6 Å². The van der Waals surface area contributed by atoms with Crippen LogP contribution in [-0.4, -0.2) is 46.4 Å². The van der Waals surface area contributed by atoms with Gasteiger partial charge in [0.25, 0.3) is 11.1 Å². The van der Waals surface area contributed by atoms with E-state index in [1.807, 2.05) is 0 Å². The standard InChI is InChI=1S/C26H35F2N3O3S/c1-26(27,28)16-33-25-29-20-15-31(13-11-23(20)35-25)12-10-17-6-8-18(9-7-17)14-21(32)24-19-4-2-3-5-22(19)34-30-24/h17-18H,2-16H2,1H3. The monoisotopic (exact) mass is 507 g/mol. The van der Waals surface area contributed by atoms with Crippen LogP contribution in [0.5, 0.6) is 5.19 Å². The summed E-state index contributed by atoms with van der Waals surface area (Å²) in [6.45, 7) is 3.00. The molecule has 35 heavy (non-hydrogen) atoms. The molecule has 0 aromatic carbocycles. The van der Waals surface area contributed by atoms with Crippen LogP contribution in [0.15, 0.2) is 4.52 Å². The van der Waals surface area contributed by atoms with Gasteiger partial charge in [-0.2, -0.15) is 0 Å². The third-order valence-corrected chi connectivity index (χ3v) is 8.81. The summed E-state index contributed by atoms with van der Waals surface area (Å²) in [6, 6.07) is 0. The minimum Gasteiger partial charge on any atom is -0.464 e. The molecule has 192 valence electrons. The van der Waals surface area contributed by atoms with E-state index in [1.165, 1.54) is 24.2 Å². The molecule has 2 aromatic rings. The van der Waals surface area contributed by atoms with E-state index in [9.17, 15) is 13.6 Å². The number of ether oxygens (including phenoxy) is 1. The lowest BCUT2D eigenvalue weighted by molar-refractivity contribution is -0.0230. The van der Waals surface area contributed by atoms with Crippen LogP contribution >= 0.6 is 11.3 Å². The second-order valence-electron chi connectivity index (χ2n) is 10.7. The fourth-order valence-electron chi connectivity index (χ4n) is 5.72. The van der Waals surface area contributed by atoms with E-state index in [0.29, 0.717) is 29.1 Å². The molecule has 2 aliphatic carbocycles. The third-order valence-electron chi connectivity index (χ3n) is 7.74. The molecule has 3 aliphatic rings. The Labute approximate surface area is 209 Å². The van der Waals surface area contributed by atoms with Crippen molar-refractivity contribution in [1.82, 2.24) is 15.0 Å². The Morgan fingerprint density at radius 2 is 1.94 bits per heavy atom. The second kappa shape index (κ2) is 10.6. The van der Waals surface area contributed by atoms with Gasteiger partial charge in [-0.3, -0.25) is 9.69 Å². The van der Waals surface area contributed by atoms with Gasteiger partial charge >= 0.3 is 0 Å². The van der Waals surface area contributed by atoms with Crippen molar-refractivity contribution in [3.8, 4) is 5.19 Å². The van der Waals surface area contributed by atoms with Crippen molar-refractivity contribution < 1.29 is 22.8 Å². The van der Waals surface area contributed by atoms with E-state index in [2.05, 4.69) is 15.0 Å². The Morgan fingerprint density at radius 3 is 2.74 bits per heavy atom. The topological polar surface area (TPSA) is 68.5 Å². The fraction of sp³-hybridized carbons (Fsp3) is 0.731. The highest BCUT2D eigenvalue weighted by Gasteiger charge is 2.29. The SMILES string of the molecule is CC(F)(F)COc1nc2c(s1)CCN(CCC1CCC(CC(=O)c3noc4c3CCCC4)CC1)C2. The van der Waals surface area contributed by atoms with E-state index in [4.69, 9.17) is 9.26 Å². The van der Waals surface area contributed by atoms with Crippen LogP contribution in [0, 0.1) is 11.8 Å². The number of aromatic nitrogens is 2. The van der Waals surface area contributed by atoms with E-state index >= 15 is 0 Å². The van der Waals surface area contributed by atoms with Gasteiger partial charge in [-0.1, -0.05) is 29.3 Å². The van der Waals surface area contributed by atoms with Crippen molar-refractivity contribution in [2.24, 2.45) is 11.8 Å². The van der Waals surface area contributed by atoms with Crippen LogP contribution in [0.1, 0.15) is 90.7 Å². The average Bonchev–Trinajstić information content (AvgIpc) is 3.45. The smallest absolute Gasteiger partial charge is 0.278 e. The van der Waals surface area contributed by atoms with Gasteiger partial charge in [-0.15, -0.1) is 0 Å². The number of nitrogens with zero attached hydrogens (tertiary/aromatic N) is 3. The van der Waals surface area contributed by atoms with Crippen LogP contribution in [0.2, 0.25) is 0 Å². The summed E-state index contributed by atoms with van der Waals surface area (Å²) < 4.78 is 36.8. The van der Waals surface area contributed by atoms with Gasteiger partial charge in [-0.05, 0) is 63.3 Å². The number of rotatable bonds is 9. The minimum absolute atomic E-state index is 0.165. The molecule has 0 atom stereocenters. The lowest BCUT2D eigenvalue weighted by Gasteiger charge is -2.31. The van der Waals surface area contributed by atoms with Crippen molar-refractivity contribution in [2.75, 3.05) is 19.7 Å². The summed E-state index contributed by atoms with van der Waals surface area (Å²) in [6.07, 6.45) is 11.3. The zero-order valence-electron chi connectivity index (χ0n) is 20.5. The third kappa shape index (κ3) is 6.28. The predicted octanol–water partition coefficient (Wildman–Crippen LogP) is 5.87. The van der Waals surface area contributed by atoms with E-state index < -0.39 is 12.5 Å². The predicted molar refractivity (Wildman–Crippen MR) is 129 cm³/mol. The molecule has 6 nitrogen and oxygen atoms in total. The maximum absolute atomic E-state index is 13.1. The molecule has 3 heterocycles. The van der Waals surface area contributed by atoms with Crippen molar-refractivity contribution >= 4 is 17.1 Å². The number of alkyl halides is 2. The maximum atomic E-state index is 13.1. The maximum Gasteiger partial charge on any atom is 0.278 e. The number of Topliss-reactive ketones (excluding diaryl/α,β-unsaturated/α-hetero) is 1. The molecule has 1 fully saturated rings. The van der Waals surface area contributed by atoms with Crippen LogP contribution in [0.3, 0.4) is 0 Å². The highest BCUT2D eigenvalue weighted by Crippen LogP contribution is 2.35. The van der Waals surface area contributed by atoms with Crippen molar-refractivity contribution in [3.63, 3.8) is 0 Å². The molecule has 5 rings (SSSR count). The van der Waals surface area contributed by atoms with Crippen molar-refractivity contribution in [1.29, 1.82) is 0 Å². The first-order valence-electron chi connectivity index (χ1n) is 13.1. The molecule has 2 aromatic heterocycles. The summed E-state index contributed by atoms with van der Waals surface area (Å²) in [5, 5.41) is 4.48. The fourth-order valence-corrected chi connectivity index (χ4v) is 6.63. The molecular formula is C26H35F2N3O3S. The lowest BCUT2D eigenvalue weighted by atomic mass is 9.78. The summed E-state index contributed by atoms with van der Waals surface area (Å²) in [4.78, 5) is 20.9. The number of thiazole rings is 1. The Bertz CT molecular complexity index is 1020. The highest BCUT2D eigenvalue weighted by atomic mass is 32.1. The molecular weight excluding hydrogens is 472 g/mol. The first-order chi connectivity index (χ1) is 16.8. The molecule has 9 heteroatoms. The number of fused-ring (bicyclic) bond motifs is 2. The van der Waals surface area contributed by atoms with Gasteiger partial charge in [0.15, 0.2) is 18.1 Å². The summed E-state index contributed by atoms with van der Waals surface area (Å²) in [5.41, 5.74) is 2.65. The molecule has 0 spiro atoms. The lowest BCUT2D eigenvalue weighted by Crippen LogP contribution is -2.32. The van der Waals surface area contributed by atoms with E-state index in [0.717, 1.165) is 99.8 Å². The van der Waals surface area contributed by atoms with Gasteiger partial charge in [0.05, 0.1) is 5.69 Å². The van der Waals surface area contributed by atoms with Crippen LogP contribution in [0.4, 0.5) is 8.78 Å². The van der Waals surface area contributed by atoms with E-state index in [1.54, 1.807) is 0 Å². The molecule has 0 amide bonds. The quantitative estimate of drug-likeness (QED) is 0.395. The molecule has 1 saturated carbocycles. The summed E-state index contributed by atoms with van der Waals surface area (Å²) in [5.74, 6) is -0.601. The number of carbonyl (C=O) groups excluding carboxylic acids is 1. The number of hydrogen-bond acceptors (Lipinski definition) is 7. The zero-order chi connectivity index (χ0) is 24.4. The highest BCUT2D eigenvalue weighted by molar-refractivity contribution is 7.13. The second-order valence-corrected chi connectivity index (χ2v) is 11.7. The molecule has 0 N–H and O–H groups in total. The molecule has 1 aliphatic heterocycles. The van der Waals surface area contributed by atoms with Gasteiger partial charge in [0.1, 0.15) is 5.76 Å². The number of carbonyl (C=O) groups is 1.